The van der Waals surface area contributed by atoms with Gasteiger partial charge < -0.3 is 14.6 Å². The zero-order valence-electron chi connectivity index (χ0n) is 15.6. The smallest absolute Gasteiger partial charge is 0.331 e. The van der Waals surface area contributed by atoms with E-state index in [1.54, 1.807) is 6.08 Å². The normalized spacial score (nSPS) is 10.6. The first-order chi connectivity index (χ1) is 13.5. The monoisotopic (exact) mass is 382 g/mol. The molecule has 28 heavy (non-hydrogen) atoms. The fourth-order valence-corrected chi connectivity index (χ4v) is 2.55. The van der Waals surface area contributed by atoms with Crippen molar-refractivity contribution in [2.75, 3.05) is 13.2 Å². The highest BCUT2D eigenvalue weighted by molar-refractivity contribution is 5.97. The van der Waals surface area contributed by atoms with E-state index < -0.39 is 24.5 Å². The Morgan fingerprint density at radius 3 is 2.82 bits per heavy atom. The first kappa shape index (κ1) is 20.7. The minimum absolute atomic E-state index is 0.380. The summed E-state index contributed by atoms with van der Waals surface area (Å²) in [6.07, 6.45) is 5.80. The van der Waals surface area contributed by atoms with Crippen molar-refractivity contribution in [3.63, 3.8) is 0 Å². The largest absolute Gasteiger partial charge is 0.452 e. The van der Waals surface area contributed by atoms with Crippen LogP contribution in [0.1, 0.15) is 25.3 Å². The van der Waals surface area contributed by atoms with Crippen molar-refractivity contribution in [3.05, 3.63) is 42.1 Å². The number of ether oxygens (including phenoxy) is 1. The average Bonchev–Trinajstić information content (AvgIpc) is 3.05. The molecular weight excluding hydrogens is 360 g/mol. The Bertz CT molecular complexity index is 924. The van der Waals surface area contributed by atoms with Gasteiger partial charge in [0.2, 0.25) is 0 Å². The molecule has 1 aromatic heterocycles. The summed E-state index contributed by atoms with van der Waals surface area (Å²) in [5, 5.41) is 14.3. The number of carbonyl (C=O) groups is 3. The minimum atomic E-state index is -0.705. The van der Waals surface area contributed by atoms with E-state index in [0.29, 0.717) is 19.5 Å². The van der Waals surface area contributed by atoms with E-state index in [9.17, 15) is 14.4 Å². The van der Waals surface area contributed by atoms with E-state index in [-0.39, 0.29) is 0 Å². The number of rotatable bonds is 8. The Balaban J connectivity index is 1.94. The lowest BCUT2D eigenvalue weighted by Crippen LogP contribution is -2.41. The van der Waals surface area contributed by atoms with Crippen molar-refractivity contribution in [2.24, 2.45) is 0 Å². The van der Waals surface area contributed by atoms with Gasteiger partial charge in [-0.05, 0) is 18.6 Å². The Labute approximate surface area is 162 Å². The first-order valence-electron chi connectivity index (χ1n) is 8.92. The van der Waals surface area contributed by atoms with E-state index in [1.165, 1.54) is 6.08 Å². The second kappa shape index (κ2) is 10.5. The van der Waals surface area contributed by atoms with Gasteiger partial charge in [0.05, 0.1) is 12.5 Å². The van der Waals surface area contributed by atoms with Crippen LogP contribution in [-0.2, 0) is 20.9 Å². The summed E-state index contributed by atoms with van der Waals surface area (Å²) in [4.78, 5) is 34.8. The van der Waals surface area contributed by atoms with Crippen LogP contribution in [0.4, 0.5) is 4.79 Å². The number of para-hydroxylation sites is 1. The van der Waals surface area contributed by atoms with E-state index >= 15 is 0 Å². The number of nitrogens with one attached hydrogen (secondary N) is 2. The van der Waals surface area contributed by atoms with Crippen LogP contribution in [0.25, 0.3) is 17.0 Å². The van der Waals surface area contributed by atoms with Gasteiger partial charge in [0.1, 0.15) is 0 Å². The maximum atomic E-state index is 11.9. The van der Waals surface area contributed by atoms with Gasteiger partial charge in [-0.25, -0.2) is 9.59 Å². The fraction of sp³-hybridized carbons (Fsp3) is 0.300. The summed E-state index contributed by atoms with van der Waals surface area (Å²) in [5.41, 5.74) is 1.76. The second-order valence-corrected chi connectivity index (χ2v) is 5.95. The van der Waals surface area contributed by atoms with Gasteiger partial charge in [0.25, 0.3) is 5.91 Å². The van der Waals surface area contributed by atoms with Crippen LogP contribution in [-0.4, -0.2) is 35.6 Å². The van der Waals surface area contributed by atoms with Crippen molar-refractivity contribution in [1.29, 1.82) is 5.26 Å². The Morgan fingerprint density at radius 2 is 2.07 bits per heavy atom. The van der Waals surface area contributed by atoms with Crippen molar-refractivity contribution in [2.45, 2.75) is 26.3 Å². The van der Waals surface area contributed by atoms with Crippen LogP contribution in [0.5, 0.6) is 0 Å². The second-order valence-electron chi connectivity index (χ2n) is 5.95. The van der Waals surface area contributed by atoms with Crippen LogP contribution in [0, 0.1) is 11.3 Å². The Kier molecular flexibility index (Phi) is 7.78. The maximum absolute atomic E-state index is 11.9. The highest BCUT2D eigenvalue weighted by Crippen LogP contribution is 2.22. The number of aryl methyl sites for hydroxylation is 1. The number of aromatic nitrogens is 1. The standard InChI is InChI=1S/C20H22N4O4/c1-2-11-22-20(27)23-18(25)14-28-19(26)9-8-15-13-24(12-5-10-21)17-7-4-3-6-16(15)17/h3-4,6-9,13H,2,5,11-12,14H2,1H3,(H2,22,23,25,27)/b9-8+. The summed E-state index contributed by atoms with van der Waals surface area (Å²) >= 11 is 0. The number of fused-ring (bicyclic) bond motifs is 1. The molecule has 1 aromatic carbocycles. The number of urea groups is 1. The number of esters is 1. The zero-order valence-corrected chi connectivity index (χ0v) is 15.6. The lowest BCUT2D eigenvalue weighted by molar-refractivity contribution is -0.143. The molecule has 0 fully saturated rings. The zero-order chi connectivity index (χ0) is 20.4. The predicted octanol–water partition coefficient (Wildman–Crippen LogP) is 2.35. The summed E-state index contributed by atoms with van der Waals surface area (Å²) in [6.45, 7) is 2.34. The lowest BCUT2D eigenvalue weighted by atomic mass is 10.1. The van der Waals surface area contributed by atoms with E-state index in [1.807, 2.05) is 42.0 Å². The number of hydrogen-bond acceptors (Lipinski definition) is 5. The minimum Gasteiger partial charge on any atom is -0.452 e. The molecule has 0 aliphatic heterocycles. The van der Waals surface area contributed by atoms with Gasteiger partial charge in [-0.15, -0.1) is 0 Å². The molecule has 0 aliphatic carbocycles. The number of carbonyl (C=O) groups excluding carboxylic acids is 3. The Morgan fingerprint density at radius 1 is 1.29 bits per heavy atom. The summed E-state index contributed by atoms with van der Waals surface area (Å²) < 4.78 is 6.80. The number of hydrogen-bond donors (Lipinski definition) is 2. The van der Waals surface area contributed by atoms with Crippen LogP contribution < -0.4 is 10.6 Å². The quantitative estimate of drug-likeness (QED) is 0.537. The molecule has 8 nitrogen and oxygen atoms in total. The molecule has 8 heteroatoms. The molecule has 0 spiro atoms. The predicted molar refractivity (Wildman–Crippen MR) is 104 cm³/mol. The van der Waals surface area contributed by atoms with Crippen LogP contribution >= 0.6 is 0 Å². The average molecular weight is 382 g/mol. The van der Waals surface area contributed by atoms with E-state index in [2.05, 4.69) is 16.7 Å². The Hall–Kier alpha value is -3.60. The lowest BCUT2D eigenvalue weighted by Gasteiger charge is -2.05. The number of amides is 3. The third-order valence-corrected chi connectivity index (χ3v) is 3.82. The summed E-state index contributed by atoms with van der Waals surface area (Å²) in [7, 11) is 0. The van der Waals surface area contributed by atoms with Gasteiger partial charge >= 0.3 is 12.0 Å². The van der Waals surface area contributed by atoms with Gasteiger partial charge in [-0.1, -0.05) is 25.1 Å². The van der Waals surface area contributed by atoms with Gasteiger partial charge in [-0.3, -0.25) is 10.1 Å². The molecule has 2 N–H and O–H groups in total. The van der Waals surface area contributed by atoms with Gasteiger partial charge in [-0.2, -0.15) is 5.26 Å². The topological polar surface area (TPSA) is 113 Å². The summed E-state index contributed by atoms with van der Waals surface area (Å²) in [5.74, 6) is -1.40. The highest BCUT2D eigenvalue weighted by Gasteiger charge is 2.10. The summed E-state index contributed by atoms with van der Waals surface area (Å²) in [6, 6.07) is 9.15. The molecule has 0 atom stereocenters. The number of benzene rings is 1. The molecule has 0 bridgehead atoms. The van der Waals surface area contributed by atoms with Crippen LogP contribution in [0.3, 0.4) is 0 Å². The molecule has 0 saturated heterocycles. The van der Waals surface area contributed by atoms with Crippen LogP contribution in [0.15, 0.2) is 36.5 Å². The third-order valence-electron chi connectivity index (χ3n) is 3.82. The SMILES string of the molecule is CCCNC(=O)NC(=O)COC(=O)/C=C/c1cn(CCC#N)c2ccccc12. The molecule has 0 aliphatic rings. The number of nitrogens with zero attached hydrogens (tertiary/aromatic N) is 2. The van der Waals surface area contributed by atoms with Crippen molar-refractivity contribution >= 4 is 34.9 Å². The maximum Gasteiger partial charge on any atom is 0.331 e. The van der Waals surface area contributed by atoms with Crippen molar-refractivity contribution in [1.82, 2.24) is 15.2 Å². The van der Waals surface area contributed by atoms with E-state index in [4.69, 9.17) is 10.00 Å². The third kappa shape index (κ3) is 5.99. The van der Waals surface area contributed by atoms with Crippen molar-refractivity contribution in [3.8, 4) is 6.07 Å². The van der Waals surface area contributed by atoms with Crippen molar-refractivity contribution < 1.29 is 19.1 Å². The van der Waals surface area contributed by atoms with Gasteiger partial charge in [0.15, 0.2) is 6.61 Å². The molecule has 146 valence electrons. The van der Waals surface area contributed by atoms with E-state index in [0.717, 1.165) is 22.9 Å². The fourth-order valence-electron chi connectivity index (χ4n) is 2.55. The molecular formula is C20H22N4O4. The highest BCUT2D eigenvalue weighted by atomic mass is 16.5. The molecule has 0 saturated carbocycles. The first-order valence-corrected chi connectivity index (χ1v) is 8.92. The van der Waals surface area contributed by atoms with Crippen LogP contribution in [0.2, 0.25) is 0 Å². The molecule has 3 amide bonds. The molecule has 1 heterocycles. The molecule has 2 rings (SSSR count). The molecule has 2 aromatic rings. The molecule has 0 unspecified atom stereocenters. The molecule has 0 radical (unpaired) electrons. The van der Waals surface area contributed by atoms with Gasteiger partial charge in [0, 0.05) is 41.8 Å². The number of nitriles is 1. The number of imide groups is 1.